The highest BCUT2D eigenvalue weighted by Gasteiger charge is 2.30. The summed E-state index contributed by atoms with van der Waals surface area (Å²) in [7, 11) is 0. The van der Waals surface area contributed by atoms with Crippen LogP contribution in [0.1, 0.15) is 11.1 Å². The van der Waals surface area contributed by atoms with Gasteiger partial charge in [-0.1, -0.05) is 0 Å². The fourth-order valence-corrected chi connectivity index (χ4v) is 2.61. The molecule has 2 nitrogen and oxygen atoms in total. The molecular formula is C14H13ClF3NOS. The van der Waals surface area contributed by atoms with Crippen LogP contribution in [0.5, 0.6) is 5.75 Å². The van der Waals surface area contributed by atoms with Gasteiger partial charge < -0.3 is 4.74 Å². The normalized spacial score (nSPS) is 14.7. The lowest BCUT2D eigenvalue weighted by molar-refractivity contribution is -0.137. The Morgan fingerprint density at radius 2 is 1.86 bits per heavy atom. The van der Waals surface area contributed by atoms with Gasteiger partial charge in [-0.05, 0) is 53.1 Å². The number of ether oxygens (including phenoxy) is 1. The summed E-state index contributed by atoms with van der Waals surface area (Å²) in [4.78, 5) is 0. The Labute approximate surface area is 129 Å². The molecule has 2 aromatic rings. The second-order valence-corrected chi connectivity index (χ2v) is 5.80. The molecule has 114 valence electrons. The van der Waals surface area contributed by atoms with E-state index in [4.69, 9.17) is 22.1 Å². The maximum absolute atomic E-state index is 12.4. The molecule has 0 aliphatic rings. The van der Waals surface area contributed by atoms with Crippen LogP contribution in [-0.2, 0) is 12.6 Å². The van der Waals surface area contributed by atoms with E-state index in [2.05, 4.69) is 0 Å². The first-order valence-corrected chi connectivity index (χ1v) is 7.49. The monoisotopic (exact) mass is 335 g/mol. The standard InChI is InChI=1S/C14H13ClF3NOS/c15-12(7-9-5-6-21-8-9)13(19)20-11-3-1-10(2-4-11)14(16,17)18/h1-6,8,12-13H,7,19H2. The Hall–Kier alpha value is -1.24. The first-order valence-electron chi connectivity index (χ1n) is 6.11. The molecule has 0 fully saturated rings. The molecule has 1 aromatic heterocycles. The van der Waals surface area contributed by atoms with Gasteiger partial charge in [0.1, 0.15) is 5.75 Å². The van der Waals surface area contributed by atoms with E-state index >= 15 is 0 Å². The summed E-state index contributed by atoms with van der Waals surface area (Å²) in [6.45, 7) is 0. The van der Waals surface area contributed by atoms with E-state index in [1.165, 1.54) is 12.1 Å². The van der Waals surface area contributed by atoms with Gasteiger partial charge in [-0.3, -0.25) is 5.73 Å². The summed E-state index contributed by atoms with van der Waals surface area (Å²) in [6.07, 6.45) is -4.63. The SMILES string of the molecule is NC(Oc1ccc(C(F)(F)F)cc1)C(Cl)Cc1ccsc1. The highest BCUT2D eigenvalue weighted by atomic mass is 35.5. The fourth-order valence-electron chi connectivity index (χ4n) is 1.70. The second-order valence-electron chi connectivity index (χ2n) is 4.46. The van der Waals surface area contributed by atoms with E-state index in [1.807, 2.05) is 16.8 Å². The second kappa shape index (κ2) is 6.68. The van der Waals surface area contributed by atoms with Crippen LogP contribution in [0.25, 0.3) is 0 Å². The predicted octanol–water partition coefficient (Wildman–Crippen LogP) is 4.28. The van der Waals surface area contributed by atoms with Gasteiger partial charge >= 0.3 is 6.18 Å². The zero-order valence-corrected chi connectivity index (χ0v) is 12.4. The van der Waals surface area contributed by atoms with Crippen LogP contribution >= 0.6 is 22.9 Å². The van der Waals surface area contributed by atoms with Crippen molar-refractivity contribution in [3.8, 4) is 5.75 Å². The molecule has 0 spiro atoms. The highest BCUT2D eigenvalue weighted by molar-refractivity contribution is 7.07. The maximum Gasteiger partial charge on any atom is 0.416 e. The van der Waals surface area contributed by atoms with Crippen molar-refractivity contribution in [3.63, 3.8) is 0 Å². The van der Waals surface area contributed by atoms with E-state index in [0.717, 1.165) is 17.7 Å². The largest absolute Gasteiger partial charge is 0.474 e. The molecule has 2 rings (SSSR count). The van der Waals surface area contributed by atoms with Crippen LogP contribution in [0.4, 0.5) is 13.2 Å². The lowest BCUT2D eigenvalue weighted by atomic mass is 10.1. The highest BCUT2D eigenvalue weighted by Crippen LogP contribution is 2.30. The molecule has 1 heterocycles. The van der Waals surface area contributed by atoms with E-state index in [1.54, 1.807) is 11.3 Å². The minimum Gasteiger partial charge on any atom is -0.474 e. The van der Waals surface area contributed by atoms with Gasteiger partial charge in [0.15, 0.2) is 6.23 Å². The molecule has 21 heavy (non-hydrogen) atoms. The molecule has 1 aromatic carbocycles. The predicted molar refractivity (Wildman–Crippen MR) is 77.7 cm³/mol. The van der Waals surface area contributed by atoms with Crippen molar-refractivity contribution < 1.29 is 17.9 Å². The summed E-state index contributed by atoms with van der Waals surface area (Å²) in [6, 6.07) is 6.30. The Bertz CT molecular complexity index is 557. The van der Waals surface area contributed by atoms with Crippen molar-refractivity contribution in [1.82, 2.24) is 0 Å². The summed E-state index contributed by atoms with van der Waals surface area (Å²) in [5.41, 5.74) is 6.13. The Balaban J connectivity index is 1.94. The van der Waals surface area contributed by atoms with Crippen LogP contribution in [0.2, 0.25) is 0 Å². The van der Waals surface area contributed by atoms with Gasteiger partial charge in [-0.2, -0.15) is 24.5 Å². The van der Waals surface area contributed by atoms with Crippen molar-refractivity contribution >= 4 is 22.9 Å². The maximum atomic E-state index is 12.4. The van der Waals surface area contributed by atoms with E-state index in [0.29, 0.717) is 6.42 Å². The number of hydrogen-bond donors (Lipinski definition) is 1. The lowest BCUT2D eigenvalue weighted by Crippen LogP contribution is -2.37. The minimum absolute atomic E-state index is 0.256. The average molecular weight is 336 g/mol. The Kier molecular flexibility index (Phi) is 5.13. The van der Waals surface area contributed by atoms with Crippen molar-refractivity contribution in [1.29, 1.82) is 0 Å². The minimum atomic E-state index is -4.37. The average Bonchev–Trinajstić information content (AvgIpc) is 2.91. The first kappa shape index (κ1) is 16.1. The molecule has 7 heteroatoms. The summed E-state index contributed by atoms with van der Waals surface area (Å²) < 4.78 is 42.7. The van der Waals surface area contributed by atoms with Crippen molar-refractivity contribution in [2.75, 3.05) is 0 Å². The lowest BCUT2D eigenvalue weighted by Gasteiger charge is -2.19. The number of rotatable bonds is 5. The van der Waals surface area contributed by atoms with Crippen LogP contribution in [0, 0.1) is 0 Å². The first-order chi connectivity index (χ1) is 9.86. The third-order valence-corrected chi connectivity index (χ3v) is 3.96. The molecular weight excluding hydrogens is 323 g/mol. The molecule has 0 bridgehead atoms. The zero-order valence-electron chi connectivity index (χ0n) is 10.8. The molecule has 2 unspecified atom stereocenters. The van der Waals surface area contributed by atoms with Crippen LogP contribution < -0.4 is 10.5 Å². The Morgan fingerprint density at radius 1 is 1.19 bits per heavy atom. The summed E-state index contributed by atoms with van der Waals surface area (Å²) >= 11 is 7.71. The van der Waals surface area contributed by atoms with Gasteiger partial charge in [0.05, 0.1) is 10.9 Å². The van der Waals surface area contributed by atoms with Gasteiger partial charge in [-0.15, -0.1) is 11.6 Å². The van der Waals surface area contributed by atoms with E-state index in [-0.39, 0.29) is 5.75 Å². The third kappa shape index (κ3) is 4.62. The smallest absolute Gasteiger partial charge is 0.416 e. The molecule has 2 N–H and O–H groups in total. The number of halogens is 4. The van der Waals surface area contributed by atoms with Crippen LogP contribution in [-0.4, -0.2) is 11.6 Å². The van der Waals surface area contributed by atoms with Crippen LogP contribution in [0.3, 0.4) is 0 Å². The number of alkyl halides is 4. The summed E-state index contributed by atoms with van der Waals surface area (Å²) in [5.74, 6) is 0.256. The van der Waals surface area contributed by atoms with E-state index in [9.17, 15) is 13.2 Å². The topological polar surface area (TPSA) is 35.2 Å². The molecule has 0 aliphatic heterocycles. The number of thiophene rings is 1. The summed E-state index contributed by atoms with van der Waals surface area (Å²) in [5, 5.41) is 3.42. The molecule has 0 saturated heterocycles. The van der Waals surface area contributed by atoms with Gasteiger partial charge in [-0.25, -0.2) is 0 Å². The molecule has 2 atom stereocenters. The quantitative estimate of drug-likeness (QED) is 0.654. The molecule has 0 amide bonds. The van der Waals surface area contributed by atoms with E-state index < -0.39 is 23.3 Å². The van der Waals surface area contributed by atoms with Gasteiger partial charge in [0.2, 0.25) is 0 Å². The molecule has 0 radical (unpaired) electrons. The Morgan fingerprint density at radius 3 is 2.38 bits per heavy atom. The fraction of sp³-hybridized carbons (Fsp3) is 0.286. The third-order valence-electron chi connectivity index (χ3n) is 2.82. The van der Waals surface area contributed by atoms with Gasteiger partial charge in [0, 0.05) is 0 Å². The van der Waals surface area contributed by atoms with Crippen molar-refractivity contribution in [3.05, 3.63) is 52.2 Å². The van der Waals surface area contributed by atoms with Gasteiger partial charge in [0.25, 0.3) is 0 Å². The van der Waals surface area contributed by atoms with Crippen molar-refractivity contribution in [2.24, 2.45) is 5.73 Å². The molecule has 0 saturated carbocycles. The van der Waals surface area contributed by atoms with Crippen molar-refractivity contribution in [2.45, 2.75) is 24.2 Å². The number of benzene rings is 1. The number of nitrogens with two attached hydrogens (primary N) is 1. The zero-order chi connectivity index (χ0) is 15.5. The van der Waals surface area contributed by atoms with Crippen LogP contribution in [0.15, 0.2) is 41.1 Å². The number of hydrogen-bond acceptors (Lipinski definition) is 3. The molecule has 0 aliphatic carbocycles.